The van der Waals surface area contributed by atoms with Crippen molar-refractivity contribution in [1.29, 1.82) is 0 Å². The minimum absolute atomic E-state index is 0.0833. The van der Waals surface area contributed by atoms with E-state index in [4.69, 9.17) is 19.7 Å². The second-order valence-corrected chi connectivity index (χ2v) is 13.3. The molecule has 2 saturated carbocycles. The first-order valence-corrected chi connectivity index (χ1v) is 17.5. The first-order valence-electron chi connectivity index (χ1n) is 17.5. The van der Waals surface area contributed by atoms with Gasteiger partial charge in [0.1, 0.15) is 0 Å². The highest BCUT2D eigenvalue weighted by molar-refractivity contribution is 5.84. The molecule has 0 saturated heterocycles. The zero-order chi connectivity index (χ0) is 34.4. The van der Waals surface area contributed by atoms with Gasteiger partial charge >= 0.3 is 5.97 Å². The van der Waals surface area contributed by atoms with E-state index in [0.29, 0.717) is 37.4 Å². The van der Waals surface area contributed by atoms with E-state index in [1.807, 2.05) is 6.08 Å². The monoisotopic (exact) mass is 648 g/mol. The summed E-state index contributed by atoms with van der Waals surface area (Å²) in [6.07, 6.45) is 17.7. The molecule has 4 rings (SSSR count). The van der Waals surface area contributed by atoms with Crippen LogP contribution in [0.4, 0.5) is 0 Å². The van der Waals surface area contributed by atoms with Crippen molar-refractivity contribution in [3.8, 4) is 0 Å². The molecule has 47 heavy (non-hydrogen) atoms. The number of allylic oxidation sites excluding steroid dienone is 1. The summed E-state index contributed by atoms with van der Waals surface area (Å²) in [4.78, 5) is 21.8. The van der Waals surface area contributed by atoms with Crippen LogP contribution in [0.2, 0.25) is 0 Å². The molecule has 0 bridgehead atoms. The molecule has 6 heteroatoms. The molecule has 0 heterocycles. The van der Waals surface area contributed by atoms with Crippen molar-refractivity contribution in [2.45, 2.75) is 96.8 Å². The van der Waals surface area contributed by atoms with Gasteiger partial charge in [0, 0.05) is 6.92 Å². The molecule has 2 N–H and O–H groups in total. The van der Waals surface area contributed by atoms with Gasteiger partial charge in [0.25, 0.3) is 6.47 Å². The van der Waals surface area contributed by atoms with Crippen LogP contribution in [-0.4, -0.2) is 49.1 Å². The number of carbonyl (C=O) groups is 2. The summed E-state index contributed by atoms with van der Waals surface area (Å²) in [5.41, 5.74) is 3.72. The Morgan fingerprint density at radius 3 is 2.00 bits per heavy atom. The molecule has 2 fully saturated rings. The van der Waals surface area contributed by atoms with Crippen LogP contribution in [0.3, 0.4) is 0 Å². The number of hydrogen-bond acceptors (Lipinski definition) is 6. The third kappa shape index (κ3) is 15.0. The van der Waals surface area contributed by atoms with Crippen LogP contribution in [0, 0.1) is 23.7 Å². The molecule has 2 aliphatic rings. The van der Waals surface area contributed by atoms with E-state index < -0.39 is 0 Å². The lowest BCUT2D eigenvalue weighted by molar-refractivity contribution is -0.141. The highest BCUT2D eigenvalue weighted by Gasteiger charge is 2.33. The van der Waals surface area contributed by atoms with Gasteiger partial charge in [0.15, 0.2) is 0 Å². The van der Waals surface area contributed by atoms with E-state index in [-0.39, 0.29) is 19.2 Å². The van der Waals surface area contributed by atoms with Gasteiger partial charge in [-0.1, -0.05) is 60.7 Å². The van der Waals surface area contributed by atoms with Gasteiger partial charge < -0.3 is 19.7 Å². The molecule has 260 valence electrons. The van der Waals surface area contributed by atoms with Gasteiger partial charge in [-0.25, -0.2) is 0 Å². The number of fused-ring (bicyclic) bond motifs is 1. The Balaban J connectivity index is 0.000000755. The summed E-state index contributed by atoms with van der Waals surface area (Å²) >= 11 is 0. The predicted octanol–water partition coefficient (Wildman–Crippen LogP) is 8.89. The van der Waals surface area contributed by atoms with Crippen LogP contribution in [0.5, 0.6) is 0 Å². The number of ether oxygens (including phenoxy) is 2. The van der Waals surface area contributed by atoms with Crippen LogP contribution in [-0.2, 0) is 25.5 Å². The Labute approximate surface area is 283 Å². The standard InChI is InChI=1S/C34H46O4.C4H8O.C3H6O/c1-3-4-5-26-6-7-34-23-33(17-16-32(34)22-26)30-14-12-28(13-15-30)27-8-10-29(11-9-27)31(18-20-37-24-35)19-21-38-25(2)36;1-4(2)3-5;1-2-3-4/h3,6-7,16-17,22-24,27-31H,1,4-5,8-15,18-21H2,2H3;5H,1,3H2,2H3;2,4H,1,3H2. The van der Waals surface area contributed by atoms with E-state index in [0.717, 1.165) is 43.1 Å². The van der Waals surface area contributed by atoms with E-state index >= 15 is 0 Å². The van der Waals surface area contributed by atoms with Gasteiger partial charge in [-0.2, -0.15) is 0 Å². The highest BCUT2D eigenvalue weighted by Crippen LogP contribution is 2.46. The van der Waals surface area contributed by atoms with Crippen molar-refractivity contribution in [3.63, 3.8) is 0 Å². The lowest BCUT2D eigenvalue weighted by Crippen LogP contribution is -2.29. The molecule has 0 spiro atoms. The predicted molar refractivity (Wildman–Crippen MR) is 193 cm³/mol. The molecule has 2 aromatic rings. The smallest absolute Gasteiger partial charge is 0.302 e. The SMILES string of the molecule is C=C(C)CO.C=CCCc1ccc2cc(C3CCC(C4CCC(C(CCOC=O)CCOC(C)=O)CC4)CC3)ccc2c1.C=CCO. The molecule has 0 aromatic heterocycles. The molecule has 0 amide bonds. The van der Waals surface area contributed by atoms with Crippen molar-refractivity contribution in [2.75, 3.05) is 26.4 Å². The summed E-state index contributed by atoms with van der Waals surface area (Å²) in [6.45, 7) is 15.4. The molecular weight excluding hydrogens is 588 g/mol. The average Bonchev–Trinajstić information content (AvgIpc) is 3.10. The number of benzene rings is 2. The fraction of sp³-hybridized carbons (Fsp3) is 0.561. The average molecular weight is 649 g/mol. The van der Waals surface area contributed by atoms with Gasteiger partial charge in [-0.05, 0) is 135 Å². The largest absolute Gasteiger partial charge is 0.468 e. The molecular formula is C41H60O6. The van der Waals surface area contributed by atoms with Crippen LogP contribution >= 0.6 is 0 Å². The van der Waals surface area contributed by atoms with E-state index in [9.17, 15) is 9.59 Å². The number of aliphatic hydroxyl groups is 2. The molecule has 6 nitrogen and oxygen atoms in total. The lowest BCUT2D eigenvalue weighted by atomic mass is 9.66. The zero-order valence-corrected chi connectivity index (χ0v) is 29.0. The summed E-state index contributed by atoms with van der Waals surface area (Å²) in [5.74, 6) is 3.27. The molecule has 1 atom stereocenters. The fourth-order valence-electron chi connectivity index (χ4n) is 7.24. The number of carbonyl (C=O) groups excluding carboxylic acids is 2. The Morgan fingerprint density at radius 1 is 0.872 bits per heavy atom. The Bertz CT molecular complexity index is 1220. The normalized spacial score (nSPS) is 21.1. The van der Waals surface area contributed by atoms with Gasteiger partial charge in [-0.15, -0.1) is 13.2 Å². The lowest BCUT2D eigenvalue weighted by Gasteiger charge is -2.40. The van der Waals surface area contributed by atoms with Crippen LogP contribution in [0.15, 0.2) is 73.9 Å². The first kappa shape index (κ1) is 40.0. The number of esters is 1. The summed E-state index contributed by atoms with van der Waals surface area (Å²) in [7, 11) is 0. The maximum absolute atomic E-state index is 11.2. The molecule has 0 radical (unpaired) electrons. The third-order valence-corrected chi connectivity index (χ3v) is 9.83. The maximum Gasteiger partial charge on any atom is 0.302 e. The van der Waals surface area contributed by atoms with Crippen LogP contribution < -0.4 is 0 Å². The highest BCUT2D eigenvalue weighted by atomic mass is 16.5. The number of rotatable bonds is 15. The molecule has 2 aliphatic carbocycles. The Morgan fingerprint density at radius 2 is 1.45 bits per heavy atom. The van der Waals surface area contributed by atoms with Crippen molar-refractivity contribution in [3.05, 3.63) is 85.0 Å². The number of aliphatic hydroxyl groups excluding tert-OH is 2. The van der Waals surface area contributed by atoms with Crippen molar-refractivity contribution in [1.82, 2.24) is 0 Å². The summed E-state index contributed by atoms with van der Waals surface area (Å²) in [5, 5.41) is 18.5. The molecule has 1 unspecified atom stereocenters. The summed E-state index contributed by atoms with van der Waals surface area (Å²) in [6, 6.07) is 14.1. The first-order chi connectivity index (χ1) is 22.8. The number of hydrogen-bond donors (Lipinski definition) is 2. The van der Waals surface area contributed by atoms with Crippen molar-refractivity contribution in [2.24, 2.45) is 23.7 Å². The van der Waals surface area contributed by atoms with Crippen molar-refractivity contribution < 1.29 is 29.3 Å². The van der Waals surface area contributed by atoms with Gasteiger partial charge in [0.05, 0.1) is 26.4 Å². The maximum atomic E-state index is 11.2. The van der Waals surface area contributed by atoms with E-state index in [2.05, 4.69) is 56.1 Å². The van der Waals surface area contributed by atoms with Gasteiger partial charge in [-0.3, -0.25) is 9.59 Å². The van der Waals surface area contributed by atoms with E-state index in [1.54, 1.807) is 6.92 Å². The number of aryl methyl sites for hydroxylation is 1. The fourth-order valence-corrected chi connectivity index (χ4v) is 7.24. The Hall–Kier alpha value is -3.22. The quantitative estimate of drug-likeness (QED) is 0.0867. The van der Waals surface area contributed by atoms with Crippen molar-refractivity contribution >= 4 is 23.2 Å². The molecule has 2 aromatic carbocycles. The van der Waals surface area contributed by atoms with Crippen LogP contribution in [0.1, 0.15) is 102 Å². The Kier molecular flexibility index (Phi) is 19.7. The second kappa shape index (κ2) is 23.2. The molecule has 0 aliphatic heterocycles. The van der Waals surface area contributed by atoms with Gasteiger partial charge in [0.2, 0.25) is 0 Å². The second-order valence-electron chi connectivity index (χ2n) is 13.3. The van der Waals surface area contributed by atoms with E-state index in [1.165, 1.54) is 86.3 Å². The minimum Gasteiger partial charge on any atom is -0.468 e. The minimum atomic E-state index is -0.218. The summed E-state index contributed by atoms with van der Waals surface area (Å²) < 4.78 is 10.2. The van der Waals surface area contributed by atoms with Crippen LogP contribution in [0.25, 0.3) is 10.8 Å². The third-order valence-electron chi connectivity index (χ3n) is 9.83. The zero-order valence-electron chi connectivity index (χ0n) is 29.0. The topological polar surface area (TPSA) is 93.1 Å².